The Bertz CT molecular complexity index is 429. The van der Waals surface area contributed by atoms with Gasteiger partial charge in [0, 0.05) is 25.9 Å². The van der Waals surface area contributed by atoms with Gasteiger partial charge in [-0.05, 0) is 6.54 Å². The summed E-state index contributed by atoms with van der Waals surface area (Å²) in [5, 5.41) is 6.95. The summed E-state index contributed by atoms with van der Waals surface area (Å²) in [6, 6.07) is 0. The molecule has 0 saturated heterocycles. The average molecular weight is 206 g/mol. The molecule has 0 fully saturated rings. The molecule has 2 aromatic heterocycles. The normalized spacial score (nSPS) is 10.8. The molecule has 0 aliphatic heterocycles. The molecule has 2 heterocycles. The van der Waals surface area contributed by atoms with E-state index in [-0.39, 0.29) is 0 Å². The summed E-state index contributed by atoms with van der Waals surface area (Å²) < 4.78 is 1.96. The Balaban J connectivity index is 2.08. The largest absolute Gasteiger partial charge is 0.338 e. The zero-order valence-electron chi connectivity index (χ0n) is 8.64. The van der Waals surface area contributed by atoms with Gasteiger partial charge in [-0.15, -0.1) is 0 Å². The van der Waals surface area contributed by atoms with Crippen LogP contribution in [0.15, 0.2) is 12.4 Å². The van der Waals surface area contributed by atoms with Crippen molar-refractivity contribution in [2.24, 2.45) is 12.8 Å². The molecular formula is C9H14N6. The molecule has 2 aromatic rings. The quantitative estimate of drug-likeness (QED) is 0.714. The first-order valence-electron chi connectivity index (χ1n) is 4.86. The van der Waals surface area contributed by atoms with E-state index < -0.39 is 0 Å². The molecule has 0 aliphatic rings. The zero-order chi connectivity index (χ0) is 10.7. The molecule has 6 nitrogen and oxygen atoms in total. The summed E-state index contributed by atoms with van der Waals surface area (Å²) in [5.41, 5.74) is 5.42. The molecule has 15 heavy (non-hydrogen) atoms. The first-order valence-corrected chi connectivity index (χ1v) is 4.86. The van der Waals surface area contributed by atoms with E-state index in [1.165, 1.54) is 0 Å². The molecule has 0 spiro atoms. The van der Waals surface area contributed by atoms with Gasteiger partial charge in [-0.25, -0.2) is 9.97 Å². The predicted octanol–water partition coefficient (Wildman–Crippen LogP) is -0.370. The van der Waals surface area contributed by atoms with Crippen molar-refractivity contribution in [3.8, 4) is 0 Å². The Morgan fingerprint density at radius 3 is 3.07 bits per heavy atom. The monoisotopic (exact) mass is 206 g/mol. The highest BCUT2D eigenvalue weighted by Gasteiger charge is 2.06. The molecule has 0 amide bonds. The first kappa shape index (κ1) is 9.85. The molecule has 6 heteroatoms. The smallest absolute Gasteiger partial charge is 0.151 e. The van der Waals surface area contributed by atoms with Gasteiger partial charge in [0.25, 0.3) is 0 Å². The summed E-state index contributed by atoms with van der Waals surface area (Å²) in [6.45, 7) is 0.569. The number of hydrogen-bond acceptors (Lipinski definition) is 4. The average Bonchev–Trinajstić information content (AvgIpc) is 2.79. The van der Waals surface area contributed by atoms with Crippen molar-refractivity contribution in [3.05, 3.63) is 29.9 Å². The second kappa shape index (κ2) is 4.22. The highest BCUT2D eigenvalue weighted by atomic mass is 15.2. The van der Waals surface area contributed by atoms with Crippen LogP contribution < -0.4 is 5.73 Å². The molecule has 0 aliphatic carbocycles. The lowest BCUT2D eigenvalue weighted by Crippen LogP contribution is -2.04. The predicted molar refractivity (Wildman–Crippen MR) is 55.2 cm³/mol. The number of nitrogens with zero attached hydrogens (tertiary/aromatic N) is 4. The first-order chi connectivity index (χ1) is 7.29. The summed E-state index contributed by atoms with van der Waals surface area (Å²) in [4.78, 5) is 8.53. The third kappa shape index (κ3) is 2.21. The van der Waals surface area contributed by atoms with Crippen molar-refractivity contribution in [2.45, 2.75) is 12.8 Å². The van der Waals surface area contributed by atoms with Crippen LogP contribution in [0.5, 0.6) is 0 Å². The molecule has 3 N–H and O–H groups in total. The van der Waals surface area contributed by atoms with Gasteiger partial charge in [-0.3, -0.25) is 5.10 Å². The number of aromatic amines is 1. The van der Waals surface area contributed by atoms with Crippen molar-refractivity contribution >= 4 is 0 Å². The second-order valence-electron chi connectivity index (χ2n) is 3.37. The summed E-state index contributed by atoms with van der Waals surface area (Å²) in [5.74, 6) is 2.56. The van der Waals surface area contributed by atoms with Crippen molar-refractivity contribution in [1.29, 1.82) is 0 Å². The Labute approximate surface area is 87.5 Å². The minimum Gasteiger partial charge on any atom is -0.338 e. The summed E-state index contributed by atoms with van der Waals surface area (Å²) >= 11 is 0. The standard InChI is InChI=1S/C9H14N6/c1-15-5-4-11-9(15)6-8-12-7(2-3-10)13-14-8/h4-5H,2-3,6,10H2,1H3,(H,12,13,14). The molecular weight excluding hydrogens is 192 g/mol. The Hall–Kier alpha value is -1.69. The molecule has 0 aromatic carbocycles. The topological polar surface area (TPSA) is 85.4 Å². The van der Waals surface area contributed by atoms with Crippen molar-refractivity contribution in [3.63, 3.8) is 0 Å². The van der Waals surface area contributed by atoms with Gasteiger partial charge in [-0.1, -0.05) is 0 Å². The number of aryl methyl sites for hydroxylation is 1. The maximum absolute atomic E-state index is 5.42. The van der Waals surface area contributed by atoms with Gasteiger partial charge in [0.2, 0.25) is 0 Å². The van der Waals surface area contributed by atoms with Gasteiger partial charge in [0.15, 0.2) is 5.82 Å². The van der Waals surface area contributed by atoms with E-state index >= 15 is 0 Å². The minimum atomic E-state index is 0.569. The van der Waals surface area contributed by atoms with Crippen molar-refractivity contribution in [1.82, 2.24) is 24.7 Å². The van der Waals surface area contributed by atoms with Crippen LogP contribution in [0, 0.1) is 0 Å². The van der Waals surface area contributed by atoms with Crippen LogP contribution in [-0.2, 0) is 19.9 Å². The van der Waals surface area contributed by atoms with E-state index in [1.807, 2.05) is 17.8 Å². The number of nitrogens with two attached hydrogens (primary N) is 1. The molecule has 0 saturated carbocycles. The van der Waals surface area contributed by atoms with E-state index in [4.69, 9.17) is 5.73 Å². The van der Waals surface area contributed by atoms with Crippen LogP contribution in [0.2, 0.25) is 0 Å². The van der Waals surface area contributed by atoms with E-state index in [1.54, 1.807) is 6.20 Å². The Morgan fingerprint density at radius 1 is 1.53 bits per heavy atom. The number of imidazole rings is 1. The van der Waals surface area contributed by atoms with E-state index in [0.29, 0.717) is 19.4 Å². The Kier molecular flexibility index (Phi) is 2.77. The van der Waals surface area contributed by atoms with Gasteiger partial charge in [0.05, 0.1) is 6.42 Å². The number of H-pyrrole nitrogens is 1. The molecule has 0 bridgehead atoms. The summed E-state index contributed by atoms with van der Waals surface area (Å²) in [6.07, 6.45) is 5.05. The highest BCUT2D eigenvalue weighted by Crippen LogP contribution is 2.02. The number of aromatic nitrogens is 5. The van der Waals surface area contributed by atoms with Gasteiger partial charge >= 0.3 is 0 Å². The van der Waals surface area contributed by atoms with E-state index in [2.05, 4.69) is 20.2 Å². The third-order valence-electron chi connectivity index (χ3n) is 2.19. The fraction of sp³-hybridized carbons (Fsp3) is 0.444. The number of rotatable bonds is 4. The minimum absolute atomic E-state index is 0.569. The third-order valence-corrected chi connectivity index (χ3v) is 2.19. The van der Waals surface area contributed by atoms with Crippen LogP contribution in [0.1, 0.15) is 17.5 Å². The van der Waals surface area contributed by atoms with Crippen LogP contribution in [0.3, 0.4) is 0 Å². The van der Waals surface area contributed by atoms with Crippen molar-refractivity contribution in [2.75, 3.05) is 6.54 Å². The van der Waals surface area contributed by atoms with Crippen LogP contribution in [0.4, 0.5) is 0 Å². The molecule has 0 unspecified atom stereocenters. The zero-order valence-corrected chi connectivity index (χ0v) is 8.64. The fourth-order valence-corrected chi connectivity index (χ4v) is 1.37. The van der Waals surface area contributed by atoms with Crippen molar-refractivity contribution < 1.29 is 0 Å². The Morgan fingerprint density at radius 2 is 2.40 bits per heavy atom. The fourth-order valence-electron chi connectivity index (χ4n) is 1.37. The van der Waals surface area contributed by atoms with Crippen LogP contribution in [0.25, 0.3) is 0 Å². The molecule has 0 radical (unpaired) electrons. The second-order valence-corrected chi connectivity index (χ2v) is 3.37. The summed E-state index contributed by atoms with van der Waals surface area (Å²) in [7, 11) is 1.96. The van der Waals surface area contributed by atoms with E-state index in [0.717, 1.165) is 17.5 Å². The molecule has 80 valence electrons. The van der Waals surface area contributed by atoms with Gasteiger partial charge < -0.3 is 10.3 Å². The maximum Gasteiger partial charge on any atom is 0.151 e. The number of nitrogens with one attached hydrogen (secondary N) is 1. The highest BCUT2D eigenvalue weighted by molar-refractivity contribution is 5.02. The van der Waals surface area contributed by atoms with Gasteiger partial charge in [0.1, 0.15) is 11.6 Å². The van der Waals surface area contributed by atoms with E-state index in [9.17, 15) is 0 Å². The lowest BCUT2D eigenvalue weighted by atomic mass is 10.4. The molecule has 0 atom stereocenters. The maximum atomic E-state index is 5.42. The SMILES string of the molecule is Cn1ccnc1Cc1nc(CCN)n[nH]1. The molecule has 2 rings (SSSR count). The number of hydrogen-bond donors (Lipinski definition) is 2. The van der Waals surface area contributed by atoms with Gasteiger partial charge in [-0.2, -0.15) is 5.10 Å². The lowest BCUT2D eigenvalue weighted by Gasteiger charge is -1.97. The lowest BCUT2D eigenvalue weighted by molar-refractivity contribution is 0.797. The van der Waals surface area contributed by atoms with Crippen LogP contribution in [-0.4, -0.2) is 31.3 Å². The van der Waals surface area contributed by atoms with Crippen LogP contribution >= 0.6 is 0 Å².